The van der Waals surface area contributed by atoms with Crippen LogP contribution in [0, 0.1) is 0 Å². The Bertz CT molecular complexity index is 7790. The number of benzene rings is 21. The standard InChI is InChI=1S/C42H26S.C36H23N.C30H18S/c1-2-11-27(12-3-1)29-23-30(25-31(24-29)32-18-10-19-39-38-17-8-9-20-41(38)43-42(32)39)28-21-22-37-35-15-5-4-13-33(35)34-14-6-7-16-36(34)40(37)26-28;1-2-10-26(11-3-1)37-35-17-9-8-16-32(35)33-21-19-25(23-36(33)37)24-18-20-31-29-14-5-4-12-27(29)28-13-6-7-15-30(28)34(31)22-24;1-2-10-23-21(8-1)22-9-3-4-11-24(22)28-18-19(16-17-25(23)28)20-13-7-14-27-26-12-5-6-15-29(26)31-30(20)27/h1-26H;1-23H;1-18H. The van der Waals surface area contributed by atoms with E-state index in [1.165, 1.54) is 220 Å². The Morgan fingerprint density at radius 1 is 0.144 bits per heavy atom. The lowest BCUT2D eigenvalue weighted by Crippen LogP contribution is -1.93. The Labute approximate surface area is 649 Å². The lowest BCUT2D eigenvalue weighted by molar-refractivity contribution is 1.18. The fourth-order valence-electron chi connectivity index (χ4n) is 18.0. The topological polar surface area (TPSA) is 4.93 Å². The highest BCUT2D eigenvalue weighted by molar-refractivity contribution is 7.26. The second kappa shape index (κ2) is 26.6. The SMILES string of the molecule is c1ccc(-c2cc(-c3ccc4c5ccccc5c5ccccc5c4c3)cc(-c3cccc4c3sc3ccccc34)c2)cc1.c1ccc(-n2c3ccccc3c3ccc(-c4ccc5c6ccccc6c6ccccc6c5c4)cc32)cc1.c1ccc2c(c1)sc1c(-c3ccc4c5ccccc5c5ccccc5c4c3)cccc12. The molecule has 0 amide bonds. The normalized spacial score (nSPS) is 11.8. The van der Waals surface area contributed by atoms with Gasteiger partial charge >= 0.3 is 0 Å². The molecule has 516 valence electrons. The molecule has 0 fully saturated rings. The van der Waals surface area contributed by atoms with Crippen molar-refractivity contribution >= 4 is 182 Å². The van der Waals surface area contributed by atoms with Crippen LogP contribution in [0.2, 0.25) is 0 Å². The summed E-state index contributed by atoms with van der Waals surface area (Å²) in [6.07, 6.45) is 0. The van der Waals surface area contributed by atoms with E-state index in [1.807, 2.05) is 22.7 Å². The van der Waals surface area contributed by atoms with Gasteiger partial charge in [-0.3, -0.25) is 0 Å². The van der Waals surface area contributed by atoms with Crippen LogP contribution in [0.5, 0.6) is 0 Å². The van der Waals surface area contributed by atoms with E-state index in [-0.39, 0.29) is 0 Å². The molecule has 0 N–H and O–H groups in total. The van der Waals surface area contributed by atoms with Crippen molar-refractivity contribution in [1.82, 2.24) is 4.57 Å². The van der Waals surface area contributed by atoms with Gasteiger partial charge in [0.05, 0.1) is 11.0 Å². The average molecular weight is 1440 g/mol. The molecule has 0 atom stereocenters. The number of para-hydroxylation sites is 2. The van der Waals surface area contributed by atoms with Crippen molar-refractivity contribution in [2.45, 2.75) is 0 Å². The van der Waals surface area contributed by atoms with Crippen LogP contribution in [-0.4, -0.2) is 4.57 Å². The van der Waals surface area contributed by atoms with Crippen LogP contribution in [0.15, 0.2) is 406 Å². The highest BCUT2D eigenvalue weighted by Crippen LogP contribution is 2.47. The molecule has 111 heavy (non-hydrogen) atoms. The van der Waals surface area contributed by atoms with Gasteiger partial charge in [0.15, 0.2) is 0 Å². The van der Waals surface area contributed by atoms with Gasteiger partial charge in [0.25, 0.3) is 0 Å². The third-order valence-corrected chi connectivity index (χ3v) is 25.5. The minimum Gasteiger partial charge on any atom is -0.309 e. The summed E-state index contributed by atoms with van der Waals surface area (Å²) in [5.74, 6) is 0. The zero-order valence-electron chi connectivity index (χ0n) is 60.4. The van der Waals surface area contributed by atoms with Gasteiger partial charge in [0.2, 0.25) is 0 Å². The molecule has 0 aliphatic heterocycles. The van der Waals surface area contributed by atoms with Gasteiger partial charge in [-0.1, -0.05) is 334 Å². The summed E-state index contributed by atoms with van der Waals surface area (Å²) in [4.78, 5) is 0. The van der Waals surface area contributed by atoms with Gasteiger partial charge in [-0.15, -0.1) is 22.7 Å². The van der Waals surface area contributed by atoms with Crippen LogP contribution in [-0.2, 0) is 0 Å². The summed E-state index contributed by atoms with van der Waals surface area (Å²) in [7, 11) is 0. The van der Waals surface area contributed by atoms with Crippen LogP contribution in [0.1, 0.15) is 0 Å². The Morgan fingerprint density at radius 3 is 0.883 bits per heavy atom. The van der Waals surface area contributed by atoms with Crippen molar-refractivity contribution in [2.24, 2.45) is 0 Å². The first kappa shape index (κ1) is 64.4. The molecule has 0 aliphatic carbocycles. The second-order valence-electron chi connectivity index (χ2n) is 29.2. The van der Waals surface area contributed by atoms with Crippen LogP contribution in [0.3, 0.4) is 0 Å². The lowest BCUT2D eigenvalue weighted by atomic mass is 9.90. The predicted octanol–water partition coefficient (Wildman–Crippen LogP) is 31.6. The first-order valence-electron chi connectivity index (χ1n) is 38.2. The van der Waals surface area contributed by atoms with E-state index in [1.54, 1.807) is 0 Å². The fraction of sp³-hybridized carbons (Fsp3) is 0. The third-order valence-electron chi connectivity index (χ3n) is 23.1. The number of aromatic nitrogens is 1. The van der Waals surface area contributed by atoms with Crippen molar-refractivity contribution in [2.75, 3.05) is 0 Å². The summed E-state index contributed by atoms with van der Waals surface area (Å²) >= 11 is 3.79. The first-order valence-corrected chi connectivity index (χ1v) is 39.8. The minimum atomic E-state index is 1.18. The minimum absolute atomic E-state index is 1.18. The zero-order chi connectivity index (χ0) is 73.0. The molecule has 21 aromatic carbocycles. The molecule has 0 saturated heterocycles. The number of fused-ring (bicyclic) bond motifs is 27. The van der Waals surface area contributed by atoms with Crippen molar-refractivity contribution in [3.05, 3.63) is 406 Å². The lowest BCUT2D eigenvalue weighted by Gasteiger charge is -2.14. The van der Waals surface area contributed by atoms with Gasteiger partial charge in [-0.2, -0.15) is 0 Å². The maximum absolute atomic E-state index is 2.40. The van der Waals surface area contributed by atoms with Crippen LogP contribution in [0.25, 0.3) is 220 Å². The molecule has 0 radical (unpaired) electrons. The molecule has 3 aromatic heterocycles. The summed E-state index contributed by atoms with van der Waals surface area (Å²) < 4.78 is 7.78. The summed E-state index contributed by atoms with van der Waals surface area (Å²) in [6.45, 7) is 0. The zero-order valence-corrected chi connectivity index (χ0v) is 62.1. The quantitative estimate of drug-likeness (QED) is 0.146. The van der Waals surface area contributed by atoms with E-state index in [4.69, 9.17) is 0 Å². The average Bonchev–Trinajstić information content (AvgIpc) is 1.57. The molecule has 0 spiro atoms. The molecule has 0 bridgehead atoms. The molecule has 0 aliphatic rings. The molecule has 24 rings (SSSR count). The van der Waals surface area contributed by atoms with Gasteiger partial charge < -0.3 is 4.57 Å². The monoisotopic (exact) mass is 1440 g/mol. The Balaban J connectivity index is 0.000000104. The van der Waals surface area contributed by atoms with Crippen LogP contribution >= 0.6 is 22.7 Å². The first-order chi connectivity index (χ1) is 55.1. The molecule has 0 unspecified atom stereocenters. The number of thiophene rings is 2. The largest absolute Gasteiger partial charge is 0.309 e. The molecule has 3 heterocycles. The highest BCUT2D eigenvalue weighted by atomic mass is 32.1. The van der Waals surface area contributed by atoms with E-state index in [0.717, 1.165) is 0 Å². The molecule has 24 aromatic rings. The van der Waals surface area contributed by atoms with Crippen LogP contribution in [0.4, 0.5) is 0 Å². The van der Waals surface area contributed by atoms with E-state index >= 15 is 0 Å². The fourth-order valence-corrected chi connectivity index (χ4v) is 20.4. The van der Waals surface area contributed by atoms with Crippen molar-refractivity contribution < 1.29 is 0 Å². The highest BCUT2D eigenvalue weighted by Gasteiger charge is 2.20. The maximum Gasteiger partial charge on any atom is 0.0547 e. The van der Waals surface area contributed by atoms with E-state index < -0.39 is 0 Å². The van der Waals surface area contributed by atoms with Crippen molar-refractivity contribution in [1.29, 1.82) is 0 Å². The molecule has 1 nitrogen and oxygen atoms in total. The molecule has 3 heteroatoms. The Morgan fingerprint density at radius 2 is 0.432 bits per heavy atom. The number of nitrogens with zero attached hydrogens (tertiary/aromatic N) is 1. The predicted molar refractivity (Wildman–Crippen MR) is 484 cm³/mol. The Hall–Kier alpha value is -13.8. The Kier molecular flexibility index (Phi) is 15.4. The van der Waals surface area contributed by atoms with Gasteiger partial charge in [-0.05, 0) is 225 Å². The number of hydrogen-bond donors (Lipinski definition) is 0. The number of rotatable bonds is 6. The van der Waals surface area contributed by atoms with E-state index in [2.05, 4.69) is 411 Å². The van der Waals surface area contributed by atoms with Gasteiger partial charge in [0.1, 0.15) is 0 Å². The van der Waals surface area contributed by atoms with Crippen LogP contribution < -0.4 is 0 Å². The van der Waals surface area contributed by atoms with Crippen molar-refractivity contribution in [3.63, 3.8) is 0 Å². The molecular weight excluding hydrogens is 1380 g/mol. The van der Waals surface area contributed by atoms with E-state index in [9.17, 15) is 0 Å². The summed E-state index contributed by atoms with van der Waals surface area (Å²) in [5, 5.41) is 31.5. The smallest absolute Gasteiger partial charge is 0.0547 e. The van der Waals surface area contributed by atoms with Gasteiger partial charge in [-0.25, -0.2) is 0 Å². The summed E-state index contributed by atoms with van der Waals surface area (Å²) in [5.41, 5.74) is 16.2. The summed E-state index contributed by atoms with van der Waals surface area (Å²) in [6, 6.07) is 149. The molecule has 0 saturated carbocycles. The third kappa shape index (κ3) is 10.8. The second-order valence-corrected chi connectivity index (χ2v) is 31.3. The van der Waals surface area contributed by atoms with Gasteiger partial charge in [0, 0.05) is 56.8 Å². The van der Waals surface area contributed by atoms with E-state index in [0.29, 0.717) is 0 Å². The molecular formula is C108H67NS2. The van der Waals surface area contributed by atoms with Crippen molar-refractivity contribution in [3.8, 4) is 61.3 Å². The number of hydrogen-bond acceptors (Lipinski definition) is 2. The maximum atomic E-state index is 2.40.